The van der Waals surface area contributed by atoms with Gasteiger partial charge < -0.3 is 5.11 Å². The maximum Gasteiger partial charge on any atom is 0.337 e. The summed E-state index contributed by atoms with van der Waals surface area (Å²) in [4.78, 5) is 15.4. The van der Waals surface area contributed by atoms with E-state index < -0.39 is 5.97 Å². The van der Waals surface area contributed by atoms with Crippen LogP contribution in [0.3, 0.4) is 0 Å². The Morgan fingerprint density at radius 2 is 2.07 bits per heavy atom. The minimum absolute atomic E-state index is 0.236. The Kier molecular flexibility index (Phi) is 3.12. The lowest BCUT2D eigenvalue weighted by atomic mass is 9.88. The highest BCUT2D eigenvalue weighted by Crippen LogP contribution is 2.24. The van der Waals surface area contributed by atoms with E-state index in [9.17, 15) is 4.79 Å². The third kappa shape index (κ3) is 2.55. The van der Waals surface area contributed by atoms with E-state index in [1.807, 2.05) is 27.7 Å². The number of carboxylic acids is 1. The molecule has 0 saturated carbocycles. The van der Waals surface area contributed by atoms with Gasteiger partial charge >= 0.3 is 5.97 Å². The number of pyridine rings is 1. The fraction of sp³-hybridized carbons (Fsp3) is 0.500. The summed E-state index contributed by atoms with van der Waals surface area (Å²) in [5, 5.41) is 9.11. The lowest BCUT2D eigenvalue weighted by Gasteiger charge is -2.20. The molecule has 0 spiro atoms. The van der Waals surface area contributed by atoms with Gasteiger partial charge in [0.15, 0.2) is 0 Å². The molecule has 0 aromatic carbocycles. The molecule has 0 atom stereocenters. The molecule has 0 bridgehead atoms. The van der Waals surface area contributed by atoms with Crippen LogP contribution in [0.25, 0.3) is 0 Å². The highest BCUT2D eigenvalue weighted by atomic mass is 16.4. The van der Waals surface area contributed by atoms with Crippen molar-refractivity contribution in [3.05, 3.63) is 29.1 Å². The van der Waals surface area contributed by atoms with Crippen LogP contribution in [0.5, 0.6) is 0 Å². The molecule has 1 aromatic rings. The predicted molar refractivity (Wildman–Crippen MR) is 59.3 cm³/mol. The third-order valence-corrected chi connectivity index (χ3v) is 2.29. The quantitative estimate of drug-likeness (QED) is 0.811. The number of hydrogen-bond acceptors (Lipinski definition) is 2. The van der Waals surface area contributed by atoms with Crippen molar-refractivity contribution >= 4 is 5.97 Å². The van der Waals surface area contributed by atoms with Crippen molar-refractivity contribution in [3.63, 3.8) is 0 Å². The van der Waals surface area contributed by atoms with E-state index >= 15 is 0 Å². The molecule has 0 aliphatic carbocycles. The Morgan fingerprint density at radius 3 is 2.47 bits per heavy atom. The van der Waals surface area contributed by atoms with Crippen LogP contribution in [0.2, 0.25) is 0 Å². The molecular weight excluding hydrogens is 190 g/mol. The maximum atomic E-state index is 11.1. The smallest absolute Gasteiger partial charge is 0.337 e. The summed E-state index contributed by atoms with van der Waals surface area (Å²) < 4.78 is 0. The molecule has 0 unspecified atom stereocenters. The summed E-state index contributed by atoms with van der Waals surface area (Å²) in [6, 6.07) is 1.72. The zero-order valence-electron chi connectivity index (χ0n) is 9.66. The molecule has 1 rings (SSSR count). The molecule has 1 aromatic heterocycles. The average molecular weight is 207 g/mol. The van der Waals surface area contributed by atoms with Crippen molar-refractivity contribution in [2.45, 2.75) is 39.5 Å². The van der Waals surface area contributed by atoms with Crippen LogP contribution >= 0.6 is 0 Å². The van der Waals surface area contributed by atoms with Crippen molar-refractivity contribution in [1.82, 2.24) is 4.98 Å². The number of rotatable bonds is 2. The number of aromatic carboxylic acids is 1. The maximum absolute atomic E-state index is 11.1. The summed E-state index contributed by atoms with van der Waals surface area (Å²) in [6.45, 7) is 7.88. The zero-order valence-corrected chi connectivity index (χ0v) is 9.66. The molecule has 3 nitrogen and oxygen atoms in total. The van der Waals surface area contributed by atoms with Crippen LogP contribution < -0.4 is 0 Å². The monoisotopic (exact) mass is 207 g/mol. The highest BCUT2D eigenvalue weighted by Gasteiger charge is 2.23. The van der Waals surface area contributed by atoms with Crippen molar-refractivity contribution in [3.8, 4) is 0 Å². The number of hydrogen-bond donors (Lipinski definition) is 1. The van der Waals surface area contributed by atoms with Crippen molar-refractivity contribution in [2.75, 3.05) is 0 Å². The fourth-order valence-corrected chi connectivity index (χ4v) is 1.46. The Morgan fingerprint density at radius 1 is 1.47 bits per heavy atom. The van der Waals surface area contributed by atoms with Gasteiger partial charge in [0.2, 0.25) is 0 Å². The van der Waals surface area contributed by atoms with E-state index in [4.69, 9.17) is 5.11 Å². The Labute approximate surface area is 90.2 Å². The fourth-order valence-electron chi connectivity index (χ4n) is 1.46. The Bertz CT molecular complexity index is 378. The van der Waals surface area contributed by atoms with Gasteiger partial charge in [-0.15, -0.1) is 0 Å². The van der Waals surface area contributed by atoms with Crippen LogP contribution in [-0.2, 0) is 11.8 Å². The number of aryl methyl sites for hydroxylation is 1. The van der Waals surface area contributed by atoms with Gasteiger partial charge in [-0.05, 0) is 18.1 Å². The molecule has 3 heteroatoms. The van der Waals surface area contributed by atoms with Crippen LogP contribution in [0.1, 0.15) is 49.3 Å². The van der Waals surface area contributed by atoms with E-state index in [0.717, 1.165) is 12.0 Å². The van der Waals surface area contributed by atoms with Gasteiger partial charge in [0.05, 0.1) is 11.3 Å². The lowest BCUT2D eigenvalue weighted by molar-refractivity contribution is 0.0693. The van der Waals surface area contributed by atoms with Gasteiger partial charge in [0, 0.05) is 11.6 Å². The second-order valence-corrected chi connectivity index (χ2v) is 4.65. The number of nitrogens with zero attached hydrogens (tertiary/aromatic N) is 1. The molecule has 0 saturated heterocycles. The number of carbonyl (C=O) groups is 1. The number of carboxylic acid groups (broad SMARTS) is 1. The summed E-state index contributed by atoms with van der Waals surface area (Å²) in [6.07, 6.45) is 2.56. The Balaban J connectivity index is 3.34. The highest BCUT2D eigenvalue weighted by molar-refractivity contribution is 5.89. The third-order valence-electron chi connectivity index (χ3n) is 2.29. The molecule has 0 aliphatic heterocycles. The van der Waals surface area contributed by atoms with Gasteiger partial charge in [-0.1, -0.05) is 27.7 Å². The molecule has 15 heavy (non-hydrogen) atoms. The standard InChI is InChI=1S/C12H17NO2/c1-5-8-6-9(11(14)15)10(13-7-8)12(2,3)4/h6-7H,5H2,1-4H3,(H,14,15). The van der Waals surface area contributed by atoms with E-state index in [-0.39, 0.29) is 5.41 Å². The summed E-state index contributed by atoms with van der Waals surface area (Å²) in [5.74, 6) is -0.900. The van der Waals surface area contributed by atoms with Crippen molar-refractivity contribution in [1.29, 1.82) is 0 Å². The van der Waals surface area contributed by atoms with E-state index in [0.29, 0.717) is 11.3 Å². The van der Waals surface area contributed by atoms with Gasteiger partial charge in [-0.2, -0.15) is 0 Å². The normalized spacial score (nSPS) is 11.5. The number of aromatic nitrogens is 1. The van der Waals surface area contributed by atoms with Gasteiger partial charge in [0.25, 0.3) is 0 Å². The SMILES string of the molecule is CCc1cnc(C(C)(C)C)c(C(=O)O)c1. The lowest BCUT2D eigenvalue weighted by Crippen LogP contribution is -2.19. The van der Waals surface area contributed by atoms with Crippen LogP contribution in [-0.4, -0.2) is 16.1 Å². The van der Waals surface area contributed by atoms with E-state index in [1.165, 1.54) is 0 Å². The van der Waals surface area contributed by atoms with Crippen LogP contribution in [0.4, 0.5) is 0 Å². The molecule has 0 fully saturated rings. The first-order valence-corrected chi connectivity index (χ1v) is 5.09. The first-order chi connectivity index (χ1) is 6.86. The Hall–Kier alpha value is -1.38. The first kappa shape index (κ1) is 11.7. The molecule has 0 amide bonds. The minimum Gasteiger partial charge on any atom is -0.478 e. The summed E-state index contributed by atoms with van der Waals surface area (Å²) >= 11 is 0. The molecule has 0 radical (unpaired) electrons. The van der Waals surface area contributed by atoms with Gasteiger partial charge in [-0.3, -0.25) is 4.98 Å². The molecule has 1 heterocycles. The largest absolute Gasteiger partial charge is 0.478 e. The topological polar surface area (TPSA) is 50.2 Å². The van der Waals surface area contributed by atoms with E-state index in [2.05, 4.69) is 4.98 Å². The first-order valence-electron chi connectivity index (χ1n) is 5.09. The van der Waals surface area contributed by atoms with Crippen LogP contribution in [0, 0.1) is 0 Å². The van der Waals surface area contributed by atoms with Gasteiger partial charge in [-0.25, -0.2) is 4.79 Å². The molecule has 1 N–H and O–H groups in total. The van der Waals surface area contributed by atoms with Crippen LogP contribution in [0.15, 0.2) is 12.3 Å². The van der Waals surface area contributed by atoms with E-state index in [1.54, 1.807) is 12.3 Å². The molecule has 0 aliphatic rings. The molecule has 82 valence electrons. The average Bonchev–Trinajstić information content (AvgIpc) is 2.15. The minimum atomic E-state index is -0.900. The zero-order chi connectivity index (χ0) is 11.6. The summed E-state index contributed by atoms with van der Waals surface area (Å²) in [5.41, 5.74) is 1.69. The van der Waals surface area contributed by atoms with Crippen molar-refractivity contribution in [2.24, 2.45) is 0 Å². The van der Waals surface area contributed by atoms with Gasteiger partial charge in [0.1, 0.15) is 0 Å². The second kappa shape index (κ2) is 4.01. The predicted octanol–water partition coefficient (Wildman–Crippen LogP) is 2.64. The second-order valence-electron chi connectivity index (χ2n) is 4.65. The molecular formula is C12H17NO2. The van der Waals surface area contributed by atoms with Crippen molar-refractivity contribution < 1.29 is 9.90 Å². The summed E-state index contributed by atoms with van der Waals surface area (Å²) in [7, 11) is 0.